The summed E-state index contributed by atoms with van der Waals surface area (Å²) in [6.45, 7) is -2.82. The van der Waals surface area contributed by atoms with Gasteiger partial charge < -0.3 is 9.64 Å². The summed E-state index contributed by atoms with van der Waals surface area (Å²) in [5.41, 5.74) is 0.562. The molecule has 1 amide bonds. The molecule has 1 heterocycles. The lowest BCUT2D eigenvalue weighted by atomic mass is 10.1. The zero-order valence-corrected chi connectivity index (χ0v) is 11.4. The Morgan fingerprint density at radius 1 is 1.24 bits per heavy atom. The number of amides is 1. The number of halogens is 2. The van der Waals surface area contributed by atoms with Crippen LogP contribution >= 0.6 is 0 Å². The number of nitrogens with one attached hydrogen (secondary N) is 1. The SMILES string of the molecule is O=C1N(C2CC2)C(c2ccc(OC(F)F)cc2)NC12CC2. The first-order chi connectivity index (χ1) is 10.1. The maximum atomic E-state index is 12.5. The average molecular weight is 294 g/mol. The van der Waals surface area contributed by atoms with Crippen molar-refractivity contribution in [2.45, 2.75) is 50.0 Å². The van der Waals surface area contributed by atoms with E-state index < -0.39 is 6.61 Å². The van der Waals surface area contributed by atoms with E-state index in [0.29, 0.717) is 6.04 Å². The van der Waals surface area contributed by atoms with Crippen molar-refractivity contribution in [2.24, 2.45) is 0 Å². The summed E-state index contributed by atoms with van der Waals surface area (Å²) < 4.78 is 28.7. The summed E-state index contributed by atoms with van der Waals surface area (Å²) in [5.74, 6) is 0.333. The van der Waals surface area contributed by atoms with Crippen molar-refractivity contribution in [3.63, 3.8) is 0 Å². The minimum Gasteiger partial charge on any atom is -0.435 e. The number of nitrogens with zero attached hydrogens (tertiary/aromatic N) is 1. The molecule has 1 N–H and O–H groups in total. The van der Waals surface area contributed by atoms with Crippen LogP contribution in [0.5, 0.6) is 5.75 Å². The standard InChI is InChI=1S/C15H16F2N2O2/c16-14(17)21-11-5-1-9(2-6-11)12-18-15(7-8-15)13(20)19(12)10-3-4-10/h1-2,5-6,10,12,14,18H,3-4,7-8H2. The van der Waals surface area contributed by atoms with E-state index in [-0.39, 0.29) is 23.4 Å². The lowest BCUT2D eigenvalue weighted by molar-refractivity contribution is -0.131. The highest BCUT2D eigenvalue weighted by Crippen LogP contribution is 2.49. The molecule has 1 atom stereocenters. The predicted molar refractivity (Wildman–Crippen MR) is 70.8 cm³/mol. The van der Waals surface area contributed by atoms with E-state index in [9.17, 15) is 13.6 Å². The monoisotopic (exact) mass is 294 g/mol. The first-order valence-electron chi connectivity index (χ1n) is 7.24. The molecule has 6 heteroatoms. The van der Waals surface area contributed by atoms with E-state index in [2.05, 4.69) is 10.1 Å². The number of hydrogen-bond acceptors (Lipinski definition) is 3. The highest BCUT2D eigenvalue weighted by molar-refractivity contribution is 5.92. The molecule has 1 spiro atoms. The van der Waals surface area contributed by atoms with E-state index in [1.165, 1.54) is 12.1 Å². The number of rotatable bonds is 4. The Labute approximate surface area is 121 Å². The minimum atomic E-state index is -2.82. The second-order valence-corrected chi connectivity index (χ2v) is 6.02. The van der Waals surface area contributed by atoms with Crippen molar-refractivity contribution in [1.82, 2.24) is 10.2 Å². The number of carbonyl (C=O) groups is 1. The van der Waals surface area contributed by atoms with Gasteiger partial charge >= 0.3 is 6.61 Å². The molecule has 1 aliphatic heterocycles. The molecule has 4 nitrogen and oxygen atoms in total. The van der Waals surface area contributed by atoms with E-state index >= 15 is 0 Å². The van der Waals surface area contributed by atoms with Gasteiger partial charge in [0.1, 0.15) is 17.5 Å². The van der Waals surface area contributed by atoms with Crippen LogP contribution in [0.15, 0.2) is 24.3 Å². The largest absolute Gasteiger partial charge is 0.435 e. The van der Waals surface area contributed by atoms with Crippen LogP contribution in [0.1, 0.15) is 37.4 Å². The topological polar surface area (TPSA) is 41.6 Å². The molecule has 4 rings (SSSR count). The molecule has 2 aliphatic carbocycles. The summed E-state index contributed by atoms with van der Waals surface area (Å²) in [7, 11) is 0. The molecular weight excluding hydrogens is 278 g/mol. The van der Waals surface area contributed by atoms with Gasteiger partial charge in [0.05, 0.1) is 0 Å². The van der Waals surface area contributed by atoms with Crippen LogP contribution in [0.2, 0.25) is 0 Å². The Morgan fingerprint density at radius 2 is 1.90 bits per heavy atom. The van der Waals surface area contributed by atoms with Crippen molar-refractivity contribution in [2.75, 3.05) is 0 Å². The van der Waals surface area contributed by atoms with Gasteiger partial charge in [-0.25, -0.2) is 0 Å². The van der Waals surface area contributed by atoms with Crippen molar-refractivity contribution in [3.8, 4) is 5.75 Å². The molecule has 0 bridgehead atoms. The van der Waals surface area contributed by atoms with Crippen LogP contribution in [0.3, 0.4) is 0 Å². The fraction of sp³-hybridized carbons (Fsp3) is 0.533. The van der Waals surface area contributed by atoms with Crippen LogP contribution in [0.4, 0.5) is 8.78 Å². The Bertz CT molecular complexity index is 568. The maximum Gasteiger partial charge on any atom is 0.387 e. The summed E-state index contributed by atoms with van der Waals surface area (Å²) in [5, 5.41) is 3.43. The van der Waals surface area contributed by atoms with Gasteiger partial charge in [-0.05, 0) is 43.4 Å². The maximum absolute atomic E-state index is 12.5. The normalized spacial score (nSPS) is 26.7. The van der Waals surface area contributed by atoms with E-state index in [1.54, 1.807) is 12.1 Å². The molecule has 1 aromatic carbocycles. The Morgan fingerprint density at radius 3 is 2.43 bits per heavy atom. The second-order valence-electron chi connectivity index (χ2n) is 6.02. The van der Waals surface area contributed by atoms with Crippen LogP contribution in [-0.2, 0) is 4.79 Å². The van der Waals surface area contributed by atoms with Gasteiger partial charge in [-0.1, -0.05) is 12.1 Å². The number of carbonyl (C=O) groups excluding carboxylic acids is 1. The van der Waals surface area contributed by atoms with Crippen LogP contribution < -0.4 is 10.1 Å². The van der Waals surface area contributed by atoms with Gasteiger partial charge in [0.2, 0.25) is 5.91 Å². The van der Waals surface area contributed by atoms with Crippen molar-refractivity contribution in [3.05, 3.63) is 29.8 Å². The molecule has 3 aliphatic rings. The number of benzene rings is 1. The summed E-state index contributed by atoms with van der Waals surface area (Å²) in [4.78, 5) is 14.4. The Hall–Kier alpha value is -1.69. The zero-order valence-electron chi connectivity index (χ0n) is 11.4. The van der Waals surface area contributed by atoms with Crippen LogP contribution in [0.25, 0.3) is 0 Å². The highest BCUT2D eigenvalue weighted by atomic mass is 19.3. The molecule has 112 valence electrons. The van der Waals surface area contributed by atoms with Crippen molar-refractivity contribution >= 4 is 5.91 Å². The third-order valence-corrected chi connectivity index (χ3v) is 4.45. The first kappa shape index (κ1) is 13.0. The fourth-order valence-electron chi connectivity index (χ4n) is 3.05. The third kappa shape index (κ3) is 2.18. The lowest BCUT2D eigenvalue weighted by Crippen LogP contribution is -2.33. The Balaban J connectivity index is 1.58. The van der Waals surface area contributed by atoms with Crippen LogP contribution in [-0.4, -0.2) is 29.0 Å². The quantitative estimate of drug-likeness (QED) is 0.927. The van der Waals surface area contributed by atoms with Gasteiger partial charge in [0.25, 0.3) is 0 Å². The number of hydrogen-bond donors (Lipinski definition) is 1. The van der Waals surface area contributed by atoms with E-state index in [1.807, 2.05) is 4.90 Å². The molecule has 21 heavy (non-hydrogen) atoms. The second kappa shape index (κ2) is 4.40. The molecule has 0 radical (unpaired) electrons. The Kier molecular flexibility index (Phi) is 2.73. The van der Waals surface area contributed by atoms with Crippen molar-refractivity contribution < 1.29 is 18.3 Å². The van der Waals surface area contributed by atoms with Gasteiger partial charge in [-0.15, -0.1) is 0 Å². The predicted octanol–water partition coefficient (Wildman–Crippen LogP) is 2.41. The number of alkyl halides is 2. The molecule has 1 saturated heterocycles. The summed E-state index contributed by atoms with van der Waals surface area (Å²) >= 11 is 0. The molecule has 1 aromatic rings. The van der Waals surface area contributed by atoms with E-state index in [4.69, 9.17) is 0 Å². The minimum absolute atomic E-state index is 0.136. The molecule has 0 aromatic heterocycles. The number of ether oxygens (including phenoxy) is 1. The molecule has 3 fully saturated rings. The first-order valence-corrected chi connectivity index (χ1v) is 7.24. The molecule has 2 saturated carbocycles. The van der Waals surface area contributed by atoms with E-state index in [0.717, 1.165) is 31.2 Å². The lowest BCUT2D eigenvalue weighted by Gasteiger charge is -2.24. The van der Waals surface area contributed by atoms with Gasteiger partial charge in [-0.2, -0.15) is 8.78 Å². The van der Waals surface area contributed by atoms with Gasteiger partial charge in [-0.3, -0.25) is 10.1 Å². The molecule has 1 unspecified atom stereocenters. The van der Waals surface area contributed by atoms with Gasteiger partial charge in [0, 0.05) is 6.04 Å². The summed E-state index contributed by atoms with van der Waals surface area (Å²) in [6, 6.07) is 6.87. The average Bonchev–Trinajstić information content (AvgIpc) is 3.33. The van der Waals surface area contributed by atoms with Crippen molar-refractivity contribution in [1.29, 1.82) is 0 Å². The third-order valence-electron chi connectivity index (χ3n) is 4.45. The zero-order chi connectivity index (χ0) is 14.6. The summed E-state index contributed by atoms with van der Waals surface area (Å²) in [6.07, 6.45) is 3.73. The molecular formula is C15H16F2N2O2. The van der Waals surface area contributed by atoms with Gasteiger partial charge in [0.15, 0.2) is 0 Å². The fourth-order valence-corrected chi connectivity index (χ4v) is 3.05. The highest BCUT2D eigenvalue weighted by Gasteiger charge is 2.61. The van der Waals surface area contributed by atoms with Crippen LogP contribution in [0, 0.1) is 0 Å². The smallest absolute Gasteiger partial charge is 0.387 e.